The van der Waals surface area contributed by atoms with E-state index in [1.165, 1.54) is 11.4 Å². The van der Waals surface area contributed by atoms with Crippen molar-refractivity contribution in [2.24, 2.45) is 0 Å². The number of benzene rings is 1. The standard InChI is InChI=1S/C16H24N2O4S/c1-6-17-15(19)16(7-8-16)18(4)23(20,21)14-11(2)9-13(22-5)10-12(14)3/h9-10H,6-8H2,1-5H3,(H,17,19). The number of aryl methyl sites for hydroxylation is 2. The Kier molecular flexibility index (Phi) is 4.73. The van der Waals surface area contributed by atoms with Gasteiger partial charge >= 0.3 is 0 Å². The third-order valence-electron chi connectivity index (χ3n) is 4.37. The van der Waals surface area contributed by atoms with Crippen molar-refractivity contribution in [3.8, 4) is 5.75 Å². The monoisotopic (exact) mass is 340 g/mol. The third kappa shape index (κ3) is 2.95. The zero-order valence-electron chi connectivity index (χ0n) is 14.3. The second-order valence-electron chi connectivity index (χ2n) is 5.95. The summed E-state index contributed by atoms with van der Waals surface area (Å²) >= 11 is 0. The summed E-state index contributed by atoms with van der Waals surface area (Å²) in [4.78, 5) is 12.5. The third-order valence-corrected chi connectivity index (χ3v) is 6.60. The Bertz CT molecular complexity index is 701. The van der Waals surface area contributed by atoms with E-state index in [4.69, 9.17) is 4.74 Å². The van der Waals surface area contributed by atoms with Crippen molar-refractivity contribution >= 4 is 15.9 Å². The number of ether oxygens (including phenoxy) is 1. The van der Waals surface area contributed by atoms with Gasteiger partial charge in [-0.3, -0.25) is 4.79 Å². The topological polar surface area (TPSA) is 75.7 Å². The molecule has 0 unspecified atom stereocenters. The van der Waals surface area contributed by atoms with Gasteiger partial charge in [-0.15, -0.1) is 0 Å². The summed E-state index contributed by atoms with van der Waals surface area (Å²) in [5.74, 6) is 0.390. The SMILES string of the molecule is CCNC(=O)C1(N(C)S(=O)(=O)c2c(C)cc(OC)cc2C)CC1. The summed E-state index contributed by atoms with van der Waals surface area (Å²) in [6.45, 7) is 5.78. The highest BCUT2D eigenvalue weighted by atomic mass is 32.2. The molecule has 0 spiro atoms. The molecule has 1 aromatic rings. The Morgan fingerprint density at radius 1 is 1.30 bits per heavy atom. The van der Waals surface area contributed by atoms with E-state index in [1.807, 2.05) is 6.92 Å². The van der Waals surface area contributed by atoms with E-state index in [-0.39, 0.29) is 10.8 Å². The molecule has 0 atom stereocenters. The van der Waals surface area contributed by atoms with Crippen LogP contribution in [-0.4, -0.2) is 44.9 Å². The molecule has 1 amide bonds. The highest BCUT2D eigenvalue weighted by Crippen LogP contribution is 2.44. The number of likely N-dealkylation sites (N-methyl/N-ethyl adjacent to an activating group) is 2. The molecule has 1 aromatic carbocycles. The largest absolute Gasteiger partial charge is 0.497 e. The molecule has 0 aromatic heterocycles. The molecule has 0 saturated heterocycles. The van der Waals surface area contributed by atoms with Gasteiger partial charge in [-0.25, -0.2) is 8.42 Å². The summed E-state index contributed by atoms with van der Waals surface area (Å²) < 4.78 is 32.6. The van der Waals surface area contributed by atoms with Gasteiger partial charge in [0.15, 0.2) is 0 Å². The molecule has 128 valence electrons. The van der Waals surface area contributed by atoms with E-state index < -0.39 is 15.6 Å². The quantitative estimate of drug-likeness (QED) is 0.853. The van der Waals surface area contributed by atoms with Gasteiger partial charge < -0.3 is 10.1 Å². The van der Waals surface area contributed by atoms with Gasteiger partial charge in [0.05, 0.1) is 12.0 Å². The van der Waals surface area contributed by atoms with Gasteiger partial charge in [-0.2, -0.15) is 4.31 Å². The molecule has 1 aliphatic carbocycles. The van der Waals surface area contributed by atoms with Crippen LogP contribution in [0.4, 0.5) is 0 Å². The van der Waals surface area contributed by atoms with Crippen molar-refractivity contribution in [3.63, 3.8) is 0 Å². The van der Waals surface area contributed by atoms with Crippen LogP contribution >= 0.6 is 0 Å². The Hall–Kier alpha value is -1.60. The lowest BCUT2D eigenvalue weighted by molar-refractivity contribution is -0.125. The fourth-order valence-corrected chi connectivity index (χ4v) is 4.86. The summed E-state index contributed by atoms with van der Waals surface area (Å²) in [6.07, 6.45) is 1.09. The molecule has 0 bridgehead atoms. The molecule has 0 aliphatic heterocycles. The van der Waals surface area contributed by atoms with Crippen molar-refractivity contribution in [1.29, 1.82) is 0 Å². The minimum Gasteiger partial charge on any atom is -0.497 e. The minimum atomic E-state index is -3.77. The van der Waals surface area contributed by atoms with Gasteiger partial charge in [0, 0.05) is 13.6 Å². The average Bonchev–Trinajstić information content (AvgIpc) is 3.27. The molecular weight excluding hydrogens is 316 g/mol. The number of nitrogens with one attached hydrogen (secondary N) is 1. The first-order chi connectivity index (χ1) is 10.7. The van der Waals surface area contributed by atoms with Crippen LogP contribution in [0.1, 0.15) is 30.9 Å². The van der Waals surface area contributed by atoms with Crippen molar-refractivity contribution in [2.75, 3.05) is 20.7 Å². The Balaban J connectivity index is 2.45. The van der Waals surface area contributed by atoms with Gasteiger partial charge in [0.25, 0.3) is 0 Å². The smallest absolute Gasteiger partial charge is 0.244 e. The first-order valence-electron chi connectivity index (χ1n) is 7.63. The van der Waals surface area contributed by atoms with Crippen LogP contribution in [0, 0.1) is 13.8 Å². The predicted molar refractivity (Wildman–Crippen MR) is 88.1 cm³/mol. The molecule has 1 N–H and O–H groups in total. The average molecular weight is 340 g/mol. The van der Waals surface area contributed by atoms with E-state index in [9.17, 15) is 13.2 Å². The van der Waals surface area contributed by atoms with E-state index >= 15 is 0 Å². The van der Waals surface area contributed by atoms with Crippen LogP contribution in [0.2, 0.25) is 0 Å². The van der Waals surface area contributed by atoms with Crippen LogP contribution < -0.4 is 10.1 Å². The Morgan fingerprint density at radius 2 is 1.83 bits per heavy atom. The fraction of sp³-hybridized carbons (Fsp3) is 0.562. The molecular formula is C16H24N2O4S. The number of nitrogens with zero attached hydrogens (tertiary/aromatic N) is 1. The number of rotatable bonds is 6. The first-order valence-corrected chi connectivity index (χ1v) is 9.07. The van der Waals surface area contributed by atoms with E-state index in [1.54, 1.807) is 33.1 Å². The molecule has 1 saturated carbocycles. The van der Waals surface area contributed by atoms with Crippen LogP contribution in [-0.2, 0) is 14.8 Å². The summed E-state index contributed by atoms with van der Waals surface area (Å²) in [5.41, 5.74) is 0.272. The van der Waals surface area contributed by atoms with E-state index in [0.29, 0.717) is 36.3 Å². The fourth-order valence-electron chi connectivity index (χ4n) is 2.93. The molecule has 23 heavy (non-hydrogen) atoms. The molecule has 2 rings (SSSR count). The molecule has 1 aliphatic rings. The number of carbonyl (C=O) groups excluding carboxylic acids is 1. The normalized spacial score (nSPS) is 16.3. The predicted octanol–water partition coefficient (Wildman–Crippen LogP) is 1.60. The zero-order chi connectivity index (χ0) is 17.4. The van der Waals surface area contributed by atoms with Crippen molar-refractivity contribution < 1.29 is 17.9 Å². The molecule has 0 radical (unpaired) electrons. The molecule has 0 heterocycles. The number of methoxy groups -OCH3 is 1. The van der Waals surface area contributed by atoms with Gasteiger partial charge in [-0.05, 0) is 56.9 Å². The number of amides is 1. The van der Waals surface area contributed by atoms with Crippen molar-refractivity contribution in [1.82, 2.24) is 9.62 Å². The van der Waals surface area contributed by atoms with Gasteiger partial charge in [0.1, 0.15) is 11.3 Å². The highest BCUT2D eigenvalue weighted by molar-refractivity contribution is 7.89. The molecule has 7 heteroatoms. The molecule has 1 fully saturated rings. The summed E-state index contributed by atoms with van der Waals surface area (Å²) in [6, 6.07) is 3.39. The first kappa shape index (κ1) is 17.7. The van der Waals surface area contributed by atoms with Gasteiger partial charge in [0.2, 0.25) is 15.9 Å². The van der Waals surface area contributed by atoms with Gasteiger partial charge in [-0.1, -0.05) is 0 Å². The van der Waals surface area contributed by atoms with Crippen molar-refractivity contribution in [2.45, 2.75) is 44.0 Å². The Labute approximate surface area is 137 Å². The second-order valence-corrected chi connectivity index (χ2v) is 7.86. The Morgan fingerprint density at radius 3 is 2.22 bits per heavy atom. The van der Waals surface area contributed by atoms with Crippen molar-refractivity contribution in [3.05, 3.63) is 23.3 Å². The van der Waals surface area contributed by atoms with Crippen LogP contribution in [0.15, 0.2) is 17.0 Å². The molecule has 6 nitrogen and oxygen atoms in total. The maximum absolute atomic E-state index is 13.1. The zero-order valence-corrected chi connectivity index (χ0v) is 15.1. The lowest BCUT2D eigenvalue weighted by Gasteiger charge is -2.27. The maximum Gasteiger partial charge on any atom is 0.244 e. The lowest BCUT2D eigenvalue weighted by atomic mass is 10.1. The number of hydrogen-bond donors (Lipinski definition) is 1. The maximum atomic E-state index is 13.1. The van der Waals surface area contributed by atoms with E-state index in [2.05, 4.69) is 5.32 Å². The van der Waals surface area contributed by atoms with Crippen LogP contribution in [0.5, 0.6) is 5.75 Å². The van der Waals surface area contributed by atoms with Crippen LogP contribution in [0.25, 0.3) is 0 Å². The number of carbonyl (C=O) groups is 1. The van der Waals surface area contributed by atoms with Crippen LogP contribution in [0.3, 0.4) is 0 Å². The van der Waals surface area contributed by atoms with E-state index in [0.717, 1.165) is 0 Å². The minimum absolute atomic E-state index is 0.227. The summed E-state index contributed by atoms with van der Waals surface area (Å²) in [5, 5.41) is 2.74. The number of hydrogen-bond acceptors (Lipinski definition) is 4. The second kappa shape index (κ2) is 6.13. The lowest BCUT2D eigenvalue weighted by Crippen LogP contribution is -2.50. The highest BCUT2D eigenvalue weighted by Gasteiger charge is 2.57. The number of sulfonamides is 1. The summed E-state index contributed by atoms with van der Waals surface area (Å²) in [7, 11) is -0.736.